The van der Waals surface area contributed by atoms with Crippen molar-refractivity contribution in [1.29, 1.82) is 0 Å². The molecule has 4 amide bonds. The van der Waals surface area contributed by atoms with Crippen LogP contribution in [0.5, 0.6) is 0 Å². The highest BCUT2D eigenvalue weighted by Crippen LogP contribution is 2.25. The average molecular weight is 278 g/mol. The van der Waals surface area contributed by atoms with Gasteiger partial charge in [0.1, 0.15) is 5.54 Å². The highest BCUT2D eigenvalue weighted by Gasteiger charge is 2.51. The lowest BCUT2D eigenvalue weighted by atomic mass is 9.99. The SMILES string of the molecule is O=C1NC(=O)C2(CCN(C(=O)c3ccc(F)nc3)C2)N1. The van der Waals surface area contributed by atoms with Crippen LogP contribution in [0.2, 0.25) is 0 Å². The van der Waals surface area contributed by atoms with Gasteiger partial charge in [-0.25, -0.2) is 9.78 Å². The van der Waals surface area contributed by atoms with Crippen molar-refractivity contribution in [3.8, 4) is 0 Å². The molecule has 104 valence electrons. The first-order valence-electron chi connectivity index (χ1n) is 6.05. The Morgan fingerprint density at radius 1 is 1.40 bits per heavy atom. The molecule has 0 bridgehead atoms. The second-order valence-corrected chi connectivity index (χ2v) is 4.84. The van der Waals surface area contributed by atoms with Crippen molar-refractivity contribution in [1.82, 2.24) is 20.5 Å². The number of halogens is 1. The standard InChI is InChI=1S/C12H11FN4O3/c13-8-2-1-7(5-14-8)9(18)17-4-3-12(6-17)10(19)15-11(20)16-12/h1-2,5H,3-4,6H2,(H2,15,16,19,20). The number of pyridine rings is 1. The molecule has 1 atom stereocenters. The van der Waals surface area contributed by atoms with E-state index in [1.165, 1.54) is 11.0 Å². The van der Waals surface area contributed by atoms with Crippen molar-refractivity contribution >= 4 is 17.8 Å². The molecule has 2 saturated heterocycles. The van der Waals surface area contributed by atoms with Crippen LogP contribution < -0.4 is 10.6 Å². The molecule has 1 unspecified atom stereocenters. The quantitative estimate of drug-likeness (QED) is 0.542. The van der Waals surface area contributed by atoms with Gasteiger partial charge in [-0.2, -0.15) is 4.39 Å². The molecule has 7 nitrogen and oxygen atoms in total. The molecule has 8 heteroatoms. The average Bonchev–Trinajstić information content (AvgIpc) is 2.95. The van der Waals surface area contributed by atoms with Gasteiger partial charge in [0.2, 0.25) is 5.95 Å². The van der Waals surface area contributed by atoms with Gasteiger partial charge in [0.05, 0.1) is 12.1 Å². The van der Waals surface area contributed by atoms with Crippen LogP contribution in [0.3, 0.4) is 0 Å². The summed E-state index contributed by atoms with van der Waals surface area (Å²) >= 11 is 0. The first kappa shape index (κ1) is 12.5. The molecule has 3 rings (SSSR count). The molecule has 1 spiro atoms. The lowest BCUT2D eigenvalue weighted by molar-refractivity contribution is -0.123. The van der Waals surface area contributed by atoms with Crippen molar-refractivity contribution in [2.45, 2.75) is 12.0 Å². The number of rotatable bonds is 1. The van der Waals surface area contributed by atoms with Crippen LogP contribution in [-0.4, -0.2) is 46.4 Å². The smallest absolute Gasteiger partial charge is 0.322 e. The van der Waals surface area contributed by atoms with Crippen LogP contribution in [0.25, 0.3) is 0 Å². The maximum atomic E-state index is 12.7. The summed E-state index contributed by atoms with van der Waals surface area (Å²) in [5.41, 5.74) is -0.798. The largest absolute Gasteiger partial charge is 0.336 e. The zero-order chi connectivity index (χ0) is 14.3. The summed E-state index contributed by atoms with van der Waals surface area (Å²) < 4.78 is 12.7. The summed E-state index contributed by atoms with van der Waals surface area (Å²) in [6, 6.07) is 1.89. The third kappa shape index (κ3) is 1.89. The molecule has 0 aromatic carbocycles. The molecule has 2 aliphatic rings. The Balaban J connectivity index is 1.77. The van der Waals surface area contributed by atoms with E-state index in [1.54, 1.807) is 0 Å². The zero-order valence-corrected chi connectivity index (χ0v) is 10.4. The number of likely N-dealkylation sites (tertiary alicyclic amines) is 1. The molecule has 2 fully saturated rings. The van der Waals surface area contributed by atoms with E-state index >= 15 is 0 Å². The fourth-order valence-corrected chi connectivity index (χ4v) is 2.48. The van der Waals surface area contributed by atoms with Gasteiger partial charge in [-0.1, -0.05) is 0 Å². The van der Waals surface area contributed by atoms with Gasteiger partial charge < -0.3 is 10.2 Å². The number of nitrogens with one attached hydrogen (secondary N) is 2. The van der Waals surface area contributed by atoms with Crippen molar-refractivity contribution in [2.75, 3.05) is 13.1 Å². The van der Waals surface area contributed by atoms with Gasteiger partial charge in [0.25, 0.3) is 11.8 Å². The van der Waals surface area contributed by atoms with Gasteiger partial charge in [0.15, 0.2) is 0 Å². The van der Waals surface area contributed by atoms with Gasteiger partial charge in [-0.05, 0) is 18.6 Å². The monoisotopic (exact) mass is 278 g/mol. The summed E-state index contributed by atoms with van der Waals surface area (Å²) in [6.07, 6.45) is 1.50. The molecular weight excluding hydrogens is 267 g/mol. The Morgan fingerprint density at radius 3 is 2.80 bits per heavy atom. The van der Waals surface area contributed by atoms with Crippen molar-refractivity contribution in [2.24, 2.45) is 0 Å². The normalized spacial score (nSPS) is 24.9. The van der Waals surface area contributed by atoms with Crippen molar-refractivity contribution < 1.29 is 18.8 Å². The number of hydrogen-bond acceptors (Lipinski definition) is 4. The van der Waals surface area contributed by atoms with E-state index in [9.17, 15) is 18.8 Å². The molecule has 1 aromatic heterocycles. The van der Waals surface area contributed by atoms with E-state index in [2.05, 4.69) is 15.6 Å². The fourth-order valence-electron chi connectivity index (χ4n) is 2.48. The molecular formula is C12H11FN4O3. The predicted molar refractivity (Wildman–Crippen MR) is 64.1 cm³/mol. The number of urea groups is 1. The first-order valence-corrected chi connectivity index (χ1v) is 6.05. The Hall–Kier alpha value is -2.51. The van der Waals surface area contributed by atoms with E-state index in [4.69, 9.17) is 0 Å². The second kappa shape index (κ2) is 4.26. The lowest BCUT2D eigenvalue weighted by Crippen LogP contribution is -2.49. The number of nitrogens with zero attached hydrogens (tertiary/aromatic N) is 2. The summed E-state index contributed by atoms with van der Waals surface area (Å²) in [5, 5.41) is 4.72. The first-order chi connectivity index (χ1) is 9.50. The van der Waals surface area contributed by atoms with Crippen molar-refractivity contribution in [3.05, 3.63) is 29.8 Å². The Kier molecular flexibility index (Phi) is 2.66. The predicted octanol–water partition coefficient (Wildman–Crippen LogP) is -0.355. The number of carbonyl (C=O) groups excluding carboxylic acids is 3. The van der Waals surface area contributed by atoms with Gasteiger partial charge in [-0.3, -0.25) is 14.9 Å². The number of imide groups is 1. The molecule has 1 aromatic rings. The molecule has 0 saturated carbocycles. The van der Waals surface area contributed by atoms with E-state index in [0.29, 0.717) is 13.0 Å². The topological polar surface area (TPSA) is 91.4 Å². The van der Waals surface area contributed by atoms with Gasteiger partial charge >= 0.3 is 6.03 Å². The van der Waals surface area contributed by atoms with Crippen LogP contribution >= 0.6 is 0 Å². The van der Waals surface area contributed by atoms with Gasteiger partial charge in [0, 0.05) is 12.7 Å². The molecule has 20 heavy (non-hydrogen) atoms. The molecule has 2 N–H and O–H groups in total. The summed E-state index contributed by atoms with van der Waals surface area (Å²) in [7, 11) is 0. The van der Waals surface area contributed by atoms with Crippen LogP contribution in [0.15, 0.2) is 18.3 Å². The summed E-state index contributed by atoms with van der Waals surface area (Å²) in [6.45, 7) is 0.435. The Bertz CT molecular complexity index is 603. The number of carbonyl (C=O) groups is 3. The highest BCUT2D eigenvalue weighted by atomic mass is 19.1. The van der Waals surface area contributed by atoms with Crippen LogP contribution in [-0.2, 0) is 4.79 Å². The van der Waals surface area contributed by atoms with Crippen LogP contribution in [0.4, 0.5) is 9.18 Å². The molecule has 0 radical (unpaired) electrons. The maximum Gasteiger partial charge on any atom is 0.322 e. The van der Waals surface area contributed by atoms with Crippen LogP contribution in [0.1, 0.15) is 16.8 Å². The second-order valence-electron chi connectivity index (χ2n) is 4.84. The minimum atomic E-state index is -1.04. The third-order valence-electron chi connectivity index (χ3n) is 3.55. The minimum Gasteiger partial charge on any atom is -0.336 e. The van der Waals surface area contributed by atoms with Crippen molar-refractivity contribution in [3.63, 3.8) is 0 Å². The minimum absolute atomic E-state index is 0.0980. The van der Waals surface area contributed by atoms with E-state index < -0.39 is 23.4 Å². The fraction of sp³-hybridized carbons (Fsp3) is 0.333. The molecule has 3 heterocycles. The summed E-state index contributed by atoms with van der Waals surface area (Å²) in [4.78, 5) is 40.0. The Labute approximate surface area is 113 Å². The lowest BCUT2D eigenvalue weighted by Gasteiger charge is -2.21. The number of hydrogen-bond donors (Lipinski definition) is 2. The van der Waals surface area contributed by atoms with E-state index in [0.717, 1.165) is 12.3 Å². The van der Waals surface area contributed by atoms with Crippen LogP contribution in [0, 0.1) is 5.95 Å². The summed E-state index contributed by atoms with van der Waals surface area (Å²) in [5.74, 6) is -1.43. The van der Waals surface area contributed by atoms with E-state index in [-0.39, 0.29) is 18.0 Å². The molecule has 2 aliphatic heterocycles. The van der Waals surface area contributed by atoms with E-state index in [1.807, 2.05) is 0 Å². The Morgan fingerprint density at radius 2 is 2.20 bits per heavy atom. The number of amides is 4. The highest BCUT2D eigenvalue weighted by molar-refractivity contribution is 6.08. The number of aromatic nitrogens is 1. The zero-order valence-electron chi connectivity index (χ0n) is 10.4. The maximum absolute atomic E-state index is 12.7. The molecule has 0 aliphatic carbocycles. The van der Waals surface area contributed by atoms with Gasteiger partial charge in [-0.15, -0.1) is 0 Å². The third-order valence-corrected chi connectivity index (χ3v) is 3.55.